The lowest BCUT2D eigenvalue weighted by Crippen LogP contribution is -2.58. The number of rotatable bonds is 4. The first-order chi connectivity index (χ1) is 16.2. The van der Waals surface area contributed by atoms with E-state index in [2.05, 4.69) is 41.1 Å². The van der Waals surface area contributed by atoms with Gasteiger partial charge in [0.05, 0.1) is 18.1 Å². The normalized spacial score (nSPS) is 26.3. The van der Waals surface area contributed by atoms with Crippen molar-refractivity contribution in [3.63, 3.8) is 0 Å². The number of piperidine rings is 1. The molecule has 2 fully saturated rings. The van der Waals surface area contributed by atoms with Crippen molar-refractivity contribution >= 4 is 37.5 Å². The van der Waals surface area contributed by atoms with Crippen LogP contribution in [0.4, 0.5) is 5.13 Å². The number of anilines is 1. The number of pyridine rings is 1. The van der Waals surface area contributed by atoms with Crippen molar-refractivity contribution in [2.24, 2.45) is 7.05 Å². The summed E-state index contributed by atoms with van der Waals surface area (Å²) in [6.45, 7) is 4.71. The van der Waals surface area contributed by atoms with Crippen LogP contribution < -0.4 is 15.8 Å². The monoisotopic (exact) mass is 493 g/mol. The summed E-state index contributed by atoms with van der Waals surface area (Å²) in [6.07, 6.45) is 9.91. The Kier molecular flexibility index (Phi) is 4.91. The molecule has 34 heavy (non-hydrogen) atoms. The summed E-state index contributed by atoms with van der Waals surface area (Å²) in [5, 5.41) is 5.71. The van der Waals surface area contributed by atoms with E-state index in [1.807, 2.05) is 6.07 Å². The van der Waals surface area contributed by atoms with Gasteiger partial charge in [-0.1, -0.05) is 22.7 Å². The third-order valence-electron chi connectivity index (χ3n) is 7.29. The largest absolute Gasteiger partial charge is 0.348 e. The number of hydrogen-bond acceptors (Lipinski definition) is 9. The van der Waals surface area contributed by atoms with E-state index in [9.17, 15) is 4.79 Å². The summed E-state index contributed by atoms with van der Waals surface area (Å²) in [5.74, 6) is 0. The van der Waals surface area contributed by atoms with Crippen LogP contribution in [0.15, 0.2) is 35.5 Å². The highest BCUT2D eigenvalue weighted by Crippen LogP contribution is 2.45. The maximum Gasteiger partial charge on any atom is 0.250 e. The fourth-order valence-corrected chi connectivity index (χ4v) is 7.47. The van der Waals surface area contributed by atoms with Crippen molar-refractivity contribution < 1.29 is 0 Å². The van der Waals surface area contributed by atoms with Gasteiger partial charge in [-0.25, -0.2) is 15.0 Å². The van der Waals surface area contributed by atoms with Crippen molar-refractivity contribution in [2.75, 3.05) is 11.9 Å². The van der Waals surface area contributed by atoms with E-state index in [4.69, 9.17) is 9.97 Å². The molecule has 4 aromatic heterocycles. The molecule has 2 aliphatic rings. The van der Waals surface area contributed by atoms with Crippen molar-refractivity contribution in [2.45, 2.75) is 56.7 Å². The Morgan fingerprint density at radius 3 is 2.38 bits per heavy atom. The van der Waals surface area contributed by atoms with Crippen LogP contribution in [0.25, 0.3) is 31.6 Å². The molecular weight excluding hydrogens is 466 g/mol. The topological polar surface area (TPSA) is 88.8 Å². The first kappa shape index (κ1) is 21.8. The van der Waals surface area contributed by atoms with Crippen molar-refractivity contribution in [1.82, 2.24) is 29.8 Å². The Hall–Kier alpha value is -2.69. The van der Waals surface area contributed by atoms with Crippen LogP contribution in [-0.2, 0) is 7.05 Å². The second kappa shape index (κ2) is 7.66. The van der Waals surface area contributed by atoms with E-state index in [0.717, 1.165) is 38.2 Å². The molecule has 2 saturated heterocycles. The fraction of sp³-hybridized carbons (Fsp3) is 0.458. The number of aryl methyl sites for hydroxylation is 1. The zero-order chi connectivity index (χ0) is 23.7. The third kappa shape index (κ3) is 3.73. The van der Waals surface area contributed by atoms with Gasteiger partial charge in [-0.05, 0) is 45.6 Å². The Morgan fingerprint density at radius 2 is 1.74 bits per heavy atom. The molecule has 8 nitrogen and oxygen atoms in total. The molecule has 1 N–H and O–H groups in total. The van der Waals surface area contributed by atoms with Gasteiger partial charge in [0.25, 0.3) is 5.56 Å². The molecule has 0 unspecified atom stereocenters. The molecule has 10 heteroatoms. The Labute approximate surface area is 205 Å². The van der Waals surface area contributed by atoms with E-state index < -0.39 is 0 Å². The maximum atomic E-state index is 11.9. The summed E-state index contributed by atoms with van der Waals surface area (Å²) in [5.41, 5.74) is 2.52. The van der Waals surface area contributed by atoms with E-state index in [-0.39, 0.29) is 16.6 Å². The lowest BCUT2D eigenvalue weighted by Gasteiger charge is -2.45. The fourth-order valence-electron chi connectivity index (χ4n) is 5.44. The Balaban J connectivity index is 1.22. The van der Waals surface area contributed by atoms with Crippen LogP contribution in [0.2, 0.25) is 0 Å². The summed E-state index contributed by atoms with van der Waals surface area (Å²) in [4.78, 5) is 35.0. The molecule has 176 valence electrons. The second-order valence-electron chi connectivity index (χ2n) is 10.2. The predicted octanol–water partition coefficient (Wildman–Crippen LogP) is 4.07. The van der Waals surface area contributed by atoms with Crippen LogP contribution >= 0.6 is 22.7 Å². The molecule has 0 spiro atoms. The quantitative estimate of drug-likeness (QED) is 0.458. The molecule has 0 radical (unpaired) electrons. The number of hydrogen-bond donors (Lipinski definition) is 1. The van der Waals surface area contributed by atoms with Crippen LogP contribution in [0.1, 0.15) is 39.5 Å². The summed E-state index contributed by atoms with van der Waals surface area (Å²) < 4.78 is 1.53. The Bertz CT molecular complexity index is 1390. The first-order valence-electron chi connectivity index (χ1n) is 11.5. The molecule has 0 aromatic carbocycles. The smallest absolute Gasteiger partial charge is 0.250 e. The second-order valence-corrected chi connectivity index (χ2v) is 12.1. The van der Waals surface area contributed by atoms with Crippen LogP contribution in [-0.4, -0.2) is 48.7 Å². The average molecular weight is 494 g/mol. The van der Waals surface area contributed by atoms with Gasteiger partial charge >= 0.3 is 0 Å². The minimum Gasteiger partial charge on any atom is -0.348 e. The molecule has 2 bridgehead atoms. The lowest BCUT2D eigenvalue weighted by atomic mass is 9.84. The van der Waals surface area contributed by atoms with Gasteiger partial charge in [0, 0.05) is 49.0 Å². The highest BCUT2D eigenvalue weighted by atomic mass is 32.1. The molecule has 0 saturated carbocycles. The standard InChI is InChI=1S/C24H27N7OS2/c1-23-6-7-24(2,29-23)11-15(10-23)31(4)22-28-21-20(34-22)27-19(33-21)17-13-25-16(12-26-17)14-5-8-30(3)18(32)9-14/h5,8-9,12-13,15,29H,6-7,10-11H2,1-4H3/t15-,23-,24+. The highest BCUT2D eigenvalue weighted by Gasteiger charge is 2.49. The van der Waals surface area contributed by atoms with Crippen molar-refractivity contribution in [3.8, 4) is 22.0 Å². The molecule has 0 aliphatic carbocycles. The molecule has 6 rings (SSSR count). The lowest BCUT2D eigenvalue weighted by molar-refractivity contribution is 0.208. The predicted molar refractivity (Wildman–Crippen MR) is 138 cm³/mol. The Morgan fingerprint density at radius 1 is 1.06 bits per heavy atom. The molecule has 2 aliphatic heterocycles. The minimum atomic E-state index is -0.0734. The number of nitrogens with one attached hydrogen (secondary N) is 1. The number of nitrogens with zero attached hydrogens (tertiary/aromatic N) is 6. The molecule has 4 aromatic rings. The third-order valence-corrected chi connectivity index (χ3v) is 9.43. The van der Waals surface area contributed by atoms with Gasteiger partial charge in [0.15, 0.2) is 14.8 Å². The molecule has 3 atom stereocenters. The summed E-state index contributed by atoms with van der Waals surface area (Å²) in [7, 11) is 3.90. The molecule has 6 heterocycles. The van der Waals surface area contributed by atoms with E-state index >= 15 is 0 Å². The molecule has 0 amide bonds. The van der Waals surface area contributed by atoms with Crippen molar-refractivity contribution in [3.05, 3.63) is 41.1 Å². The van der Waals surface area contributed by atoms with E-state index in [1.165, 1.54) is 17.4 Å². The SMILES string of the molecule is CN(c1nc2sc(-c3cnc(-c4ccn(C)c(=O)c4)cn3)nc2s1)[C@H]1C[C@]2(C)CC[C@](C)(C1)N2. The summed E-state index contributed by atoms with van der Waals surface area (Å²) in [6, 6.07) is 3.91. The van der Waals surface area contributed by atoms with Gasteiger partial charge < -0.3 is 14.8 Å². The highest BCUT2D eigenvalue weighted by molar-refractivity contribution is 7.29. The number of fused-ring (bicyclic) bond motifs is 3. The number of aromatic nitrogens is 5. The van der Waals surface area contributed by atoms with Crippen LogP contribution in [0.3, 0.4) is 0 Å². The average Bonchev–Trinajstić information content (AvgIpc) is 3.44. The van der Waals surface area contributed by atoms with Gasteiger partial charge in [-0.2, -0.15) is 0 Å². The maximum absolute atomic E-state index is 11.9. The van der Waals surface area contributed by atoms with E-state index in [0.29, 0.717) is 17.4 Å². The zero-order valence-electron chi connectivity index (χ0n) is 19.7. The van der Waals surface area contributed by atoms with Gasteiger partial charge in [-0.15, -0.1) is 0 Å². The zero-order valence-corrected chi connectivity index (χ0v) is 21.3. The van der Waals surface area contributed by atoms with Gasteiger partial charge in [0.2, 0.25) is 0 Å². The van der Waals surface area contributed by atoms with Gasteiger partial charge in [-0.3, -0.25) is 9.78 Å². The van der Waals surface area contributed by atoms with Gasteiger partial charge in [0.1, 0.15) is 10.7 Å². The van der Waals surface area contributed by atoms with Crippen molar-refractivity contribution in [1.29, 1.82) is 0 Å². The van der Waals surface area contributed by atoms with Crippen LogP contribution in [0.5, 0.6) is 0 Å². The minimum absolute atomic E-state index is 0.0734. The first-order valence-corrected chi connectivity index (χ1v) is 13.1. The summed E-state index contributed by atoms with van der Waals surface area (Å²) >= 11 is 3.19. The van der Waals surface area contributed by atoms with E-state index in [1.54, 1.807) is 54.4 Å². The van der Waals surface area contributed by atoms with Crippen LogP contribution in [0, 0.1) is 0 Å². The molecular formula is C24H27N7OS2. The number of thiazole rings is 2.